The van der Waals surface area contributed by atoms with Crippen LogP contribution >= 0.6 is 23.2 Å². The minimum atomic E-state index is -0.647. The summed E-state index contributed by atoms with van der Waals surface area (Å²) in [6.07, 6.45) is -0.925. The summed E-state index contributed by atoms with van der Waals surface area (Å²) in [4.78, 5) is 0. The zero-order valence-electron chi connectivity index (χ0n) is 25.3. The van der Waals surface area contributed by atoms with Crippen LogP contribution in [0.15, 0.2) is 158 Å². The van der Waals surface area contributed by atoms with Gasteiger partial charge in [-0.25, -0.2) is 0 Å². The zero-order chi connectivity index (χ0) is 31.6. The lowest BCUT2D eigenvalue weighted by Gasteiger charge is -2.24. The van der Waals surface area contributed by atoms with Gasteiger partial charge < -0.3 is 14.2 Å². The lowest BCUT2D eigenvalue weighted by atomic mass is 10.0. The molecule has 0 saturated heterocycles. The molecule has 0 aliphatic heterocycles. The Balaban J connectivity index is 1.25. The van der Waals surface area contributed by atoms with Gasteiger partial charge in [-0.05, 0) is 68.8 Å². The molecule has 0 aromatic heterocycles. The number of rotatable bonds is 13. The number of halogens is 2. The monoisotopic (exact) mass is 644 g/mol. The summed E-state index contributed by atoms with van der Waals surface area (Å²) in [5, 5.41) is 1.40. The second-order valence-electron chi connectivity index (χ2n) is 10.9. The van der Waals surface area contributed by atoms with Crippen LogP contribution in [0.4, 0.5) is 0 Å². The van der Waals surface area contributed by atoms with Crippen LogP contribution in [0.25, 0.3) is 22.3 Å². The summed E-state index contributed by atoms with van der Waals surface area (Å²) < 4.78 is 19.7. The summed E-state index contributed by atoms with van der Waals surface area (Å²) >= 11 is 12.3. The van der Waals surface area contributed by atoms with Gasteiger partial charge in [0.15, 0.2) is 6.29 Å². The third kappa shape index (κ3) is 8.32. The van der Waals surface area contributed by atoms with Gasteiger partial charge in [-0.15, -0.1) is 0 Å². The van der Waals surface area contributed by atoms with Gasteiger partial charge in [-0.3, -0.25) is 0 Å². The maximum atomic E-state index is 6.63. The Bertz CT molecular complexity index is 1680. The van der Waals surface area contributed by atoms with Crippen molar-refractivity contribution in [1.82, 2.24) is 0 Å². The molecule has 6 aromatic carbocycles. The van der Waals surface area contributed by atoms with Crippen molar-refractivity contribution in [2.75, 3.05) is 6.61 Å². The van der Waals surface area contributed by atoms with Crippen molar-refractivity contribution in [2.45, 2.75) is 25.6 Å². The summed E-state index contributed by atoms with van der Waals surface area (Å²) in [6, 6.07) is 52.6. The van der Waals surface area contributed by atoms with Gasteiger partial charge in [-0.2, -0.15) is 0 Å². The largest absolute Gasteiger partial charge is 0.364 e. The van der Waals surface area contributed by atoms with E-state index >= 15 is 0 Å². The molecule has 0 atom stereocenters. The minimum absolute atomic E-state index is 0.223. The number of hydrogen-bond donors (Lipinski definition) is 0. The molecule has 0 N–H and O–H groups in total. The van der Waals surface area contributed by atoms with Gasteiger partial charge in [0.2, 0.25) is 0 Å². The predicted octanol–water partition coefficient (Wildman–Crippen LogP) is 11.2. The number of ether oxygens (including phenoxy) is 3. The van der Waals surface area contributed by atoms with E-state index in [0.29, 0.717) is 23.3 Å². The van der Waals surface area contributed by atoms with Crippen molar-refractivity contribution < 1.29 is 14.2 Å². The lowest BCUT2D eigenvalue weighted by molar-refractivity contribution is -0.190. The van der Waals surface area contributed by atoms with Crippen LogP contribution in [0.2, 0.25) is 10.0 Å². The lowest BCUT2D eigenvalue weighted by Crippen LogP contribution is -2.25. The predicted molar refractivity (Wildman–Crippen MR) is 188 cm³/mol. The van der Waals surface area contributed by atoms with Crippen molar-refractivity contribution in [3.8, 4) is 22.3 Å². The molecule has 0 saturated carbocycles. The highest BCUT2D eigenvalue weighted by atomic mass is 35.5. The van der Waals surface area contributed by atoms with E-state index < -0.39 is 6.29 Å². The normalized spacial score (nSPS) is 11.3. The standard InChI is InChI=1S/C41H34Cl2O3/c42-36-23-19-30(20-24-36)38-17-9-7-15-34(38)27-44-40(29-46-41(32-11-3-1-4-12-32)33-13-5-2-6-14-33)45-28-35-16-8-10-18-39(35)31-21-25-37(43)26-22-31/h1-26,40-41H,27-29H2. The highest BCUT2D eigenvalue weighted by molar-refractivity contribution is 6.30. The SMILES string of the molecule is Clc1ccc(-c2ccccc2COC(COC(c2ccccc2)c2ccccc2)OCc2ccccc2-c2ccc(Cl)cc2)cc1. The number of hydrogen-bond acceptors (Lipinski definition) is 3. The van der Waals surface area contributed by atoms with Crippen molar-refractivity contribution >= 4 is 23.2 Å². The van der Waals surface area contributed by atoms with Crippen LogP contribution in [0.3, 0.4) is 0 Å². The van der Waals surface area contributed by atoms with Gasteiger partial charge in [0, 0.05) is 10.0 Å². The summed E-state index contributed by atoms with van der Waals surface area (Å²) in [6.45, 7) is 0.903. The molecule has 0 spiro atoms. The Kier molecular flexibility index (Phi) is 10.9. The molecule has 0 unspecified atom stereocenters. The summed E-state index contributed by atoms with van der Waals surface area (Å²) in [5.41, 5.74) is 8.52. The van der Waals surface area contributed by atoms with Crippen LogP contribution in [0.1, 0.15) is 28.4 Å². The molecule has 0 fully saturated rings. The Morgan fingerprint density at radius 3 is 1.24 bits per heavy atom. The van der Waals surface area contributed by atoms with Gasteiger partial charge >= 0.3 is 0 Å². The van der Waals surface area contributed by atoms with E-state index in [-0.39, 0.29) is 12.7 Å². The van der Waals surface area contributed by atoms with E-state index in [0.717, 1.165) is 44.5 Å². The smallest absolute Gasteiger partial charge is 0.181 e. The molecule has 0 aliphatic carbocycles. The molecule has 230 valence electrons. The molecule has 0 bridgehead atoms. The van der Waals surface area contributed by atoms with Crippen molar-refractivity contribution in [2.24, 2.45) is 0 Å². The van der Waals surface area contributed by atoms with E-state index in [1.54, 1.807) is 0 Å². The van der Waals surface area contributed by atoms with Crippen molar-refractivity contribution in [3.05, 3.63) is 190 Å². The molecule has 0 heterocycles. The van der Waals surface area contributed by atoms with Crippen molar-refractivity contribution in [1.29, 1.82) is 0 Å². The van der Waals surface area contributed by atoms with Crippen molar-refractivity contribution in [3.63, 3.8) is 0 Å². The molecule has 0 amide bonds. The maximum Gasteiger partial charge on any atom is 0.181 e. The Hall–Kier alpha value is -4.22. The molecular weight excluding hydrogens is 611 g/mol. The molecule has 46 heavy (non-hydrogen) atoms. The van der Waals surface area contributed by atoms with Gasteiger partial charge in [0.1, 0.15) is 6.10 Å². The average Bonchev–Trinajstić information content (AvgIpc) is 3.11. The average molecular weight is 646 g/mol. The molecule has 0 radical (unpaired) electrons. The second-order valence-corrected chi connectivity index (χ2v) is 11.8. The Morgan fingerprint density at radius 2 is 0.804 bits per heavy atom. The zero-order valence-corrected chi connectivity index (χ0v) is 26.8. The molecular formula is C41H34Cl2O3. The quantitative estimate of drug-likeness (QED) is 0.117. The Morgan fingerprint density at radius 1 is 0.413 bits per heavy atom. The fourth-order valence-corrected chi connectivity index (χ4v) is 5.69. The van der Waals surface area contributed by atoms with E-state index in [4.69, 9.17) is 37.4 Å². The van der Waals surface area contributed by atoms with Crippen LogP contribution in [0, 0.1) is 0 Å². The van der Waals surface area contributed by atoms with Gasteiger partial charge in [-0.1, -0.05) is 157 Å². The molecule has 6 rings (SSSR count). The van der Waals surface area contributed by atoms with Crippen LogP contribution < -0.4 is 0 Å². The van der Waals surface area contributed by atoms with E-state index in [1.807, 2.05) is 109 Å². The molecule has 5 heteroatoms. The topological polar surface area (TPSA) is 27.7 Å². The fraction of sp³-hybridized carbons (Fsp3) is 0.122. The summed E-state index contributed by atoms with van der Waals surface area (Å²) in [7, 11) is 0. The first-order valence-corrected chi connectivity index (χ1v) is 16.0. The highest BCUT2D eigenvalue weighted by Gasteiger charge is 2.20. The van der Waals surface area contributed by atoms with Gasteiger partial charge in [0.05, 0.1) is 19.8 Å². The first-order chi connectivity index (χ1) is 22.6. The molecule has 6 aromatic rings. The van der Waals surface area contributed by atoms with Crippen LogP contribution in [0.5, 0.6) is 0 Å². The molecule has 0 aliphatic rings. The first-order valence-electron chi connectivity index (χ1n) is 15.3. The Labute approximate surface area is 280 Å². The fourth-order valence-electron chi connectivity index (χ4n) is 5.44. The van der Waals surface area contributed by atoms with E-state index in [9.17, 15) is 0 Å². The third-order valence-corrected chi connectivity index (χ3v) is 8.30. The van der Waals surface area contributed by atoms with E-state index in [2.05, 4.69) is 48.5 Å². The first kappa shape index (κ1) is 31.7. The van der Waals surface area contributed by atoms with Gasteiger partial charge in [0.25, 0.3) is 0 Å². The maximum absolute atomic E-state index is 6.63. The highest BCUT2D eigenvalue weighted by Crippen LogP contribution is 2.30. The molecule has 3 nitrogen and oxygen atoms in total. The second kappa shape index (κ2) is 15.9. The summed E-state index contributed by atoms with van der Waals surface area (Å²) in [5.74, 6) is 0. The third-order valence-electron chi connectivity index (χ3n) is 7.80. The minimum Gasteiger partial charge on any atom is -0.364 e. The van der Waals surface area contributed by atoms with E-state index in [1.165, 1.54) is 0 Å². The van der Waals surface area contributed by atoms with Crippen LogP contribution in [-0.4, -0.2) is 12.9 Å². The van der Waals surface area contributed by atoms with Crippen LogP contribution in [-0.2, 0) is 27.4 Å². The number of benzene rings is 6.